The zero-order chi connectivity index (χ0) is 6.69. The molecule has 0 radical (unpaired) electrons. The van der Waals surface area contributed by atoms with Gasteiger partial charge in [-0.2, -0.15) is 0 Å². The largest absolute Gasteiger partial charge is 0.317 e. The minimum atomic E-state index is -2.10. The maximum Gasteiger partial charge on any atom is 0.241 e. The lowest BCUT2D eigenvalue weighted by Gasteiger charge is -2.21. The van der Waals surface area contributed by atoms with Gasteiger partial charge in [0.2, 0.25) is 6.43 Å². The smallest absolute Gasteiger partial charge is 0.241 e. The molecule has 0 aromatic heterocycles. The number of nitrogens with one attached hydrogen (secondary N) is 1. The highest BCUT2D eigenvalue weighted by Crippen LogP contribution is 2.19. The third kappa shape index (κ3) is 1.90. The maximum absolute atomic E-state index is 11.9. The molecule has 0 amide bonds. The molecule has 1 nitrogen and oxygen atoms in total. The molecule has 1 N–H and O–H groups in total. The van der Waals surface area contributed by atoms with E-state index in [0.29, 0.717) is 12.8 Å². The first kappa shape index (κ1) is 6.93. The van der Waals surface area contributed by atoms with Gasteiger partial charge in [-0.25, -0.2) is 8.78 Å². The Labute approximate surface area is 53.4 Å². The molecular formula is C6H11F2N. The first-order valence-corrected chi connectivity index (χ1v) is 3.29. The average Bonchev–Trinajstić information content (AvgIpc) is 1.90. The van der Waals surface area contributed by atoms with Crippen LogP contribution in [0.1, 0.15) is 12.8 Å². The summed E-state index contributed by atoms with van der Waals surface area (Å²) in [6.07, 6.45) is -0.831. The highest BCUT2D eigenvalue weighted by Gasteiger charge is 2.21. The van der Waals surface area contributed by atoms with Gasteiger partial charge in [0.05, 0.1) is 0 Å². The second-order valence-electron chi connectivity index (χ2n) is 2.42. The molecule has 0 aromatic rings. The van der Waals surface area contributed by atoms with E-state index >= 15 is 0 Å². The van der Waals surface area contributed by atoms with E-state index in [2.05, 4.69) is 5.32 Å². The lowest BCUT2D eigenvalue weighted by atomic mass is 9.99. The van der Waals surface area contributed by atoms with Gasteiger partial charge in [-0.3, -0.25) is 0 Å². The summed E-state index contributed by atoms with van der Waals surface area (Å²) in [5.74, 6) is -0.341. The number of hydrogen-bond acceptors (Lipinski definition) is 1. The molecule has 9 heavy (non-hydrogen) atoms. The van der Waals surface area contributed by atoms with Crippen LogP contribution in [0.4, 0.5) is 8.78 Å². The van der Waals surface area contributed by atoms with Gasteiger partial charge >= 0.3 is 0 Å². The van der Waals surface area contributed by atoms with Gasteiger partial charge in [0.1, 0.15) is 0 Å². The zero-order valence-corrected chi connectivity index (χ0v) is 5.24. The van der Waals surface area contributed by atoms with E-state index in [1.165, 1.54) is 0 Å². The Balaban J connectivity index is 2.23. The van der Waals surface area contributed by atoms with E-state index in [1.54, 1.807) is 0 Å². The van der Waals surface area contributed by atoms with Crippen LogP contribution in [0.5, 0.6) is 0 Å². The highest BCUT2D eigenvalue weighted by atomic mass is 19.3. The lowest BCUT2D eigenvalue weighted by Crippen LogP contribution is -2.30. The zero-order valence-electron chi connectivity index (χ0n) is 5.24. The third-order valence-corrected chi connectivity index (χ3v) is 1.74. The van der Waals surface area contributed by atoms with Crippen molar-refractivity contribution in [2.24, 2.45) is 5.92 Å². The molecular weight excluding hydrogens is 124 g/mol. The summed E-state index contributed by atoms with van der Waals surface area (Å²) >= 11 is 0. The Morgan fingerprint density at radius 3 is 2.11 bits per heavy atom. The van der Waals surface area contributed by atoms with Crippen LogP contribution in [0.25, 0.3) is 0 Å². The normalized spacial score (nSPS) is 23.0. The van der Waals surface area contributed by atoms with Crippen molar-refractivity contribution in [1.82, 2.24) is 5.32 Å². The van der Waals surface area contributed by atoms with Crippen molar-refractivity contribution < 1.29 is 8.78 Å². The third-order valence-electron chi connectivity index (χ3n) is 1.74. The lowest BCUT2D eigenvalue weighted by molar-refractivity contribution is 0.0600. The second kappa shape index (κ2) is 3.11. The maximum atomic E-state index is 11.9. The number of rotatable bonds is 1. The molecule has 3 heteroatoms. The molecule has 1 fully saturated rings. The molecule has 0 spiro atoms. The van der Waals surface area contributed by atoms with Crippen LogP contribution < -0.4 is 5.32 Å². The van der Waals surface area contributed by atoms with Crippen molar-refractivity contribution in [3.8, 4) is 0 Å². The van der Waals surface area contributed by atoms with Crippen molar-refractivity contribution in [1.29, 1.82) is 0 Å². The second-order valence-corrected chi connectivity index (χ2v) is 2.42. The summed E-state index contributed by atoms with van der Waals surface area (Å²) in [5.41, 5.74) is 0. The van der Waals surface area contributed by atoms with Crippen molar-refractivity contribution >= 4 is 0 Å². The summed E-state index contributed by atoms with van der Waals surface area (Å²) in [6.45, 7) is 1.52. The molecule has 1 aliphatic rings. The molecule has 0 saturated carbocycles. The Kier molecular flexibility index (Phi) is 2.39. The summed E-state index contributed by atoms with van der Waals surface area (Å²) in [5, 5.41) is 3.04. The van der Waals surface area contributed by atoms with Crippen molar-refractivity contribution in [3.05, 3.63) is 0 Å². The molecule has 0 unspecified atom stereocenters. The first-order chi connectivity index (χ1) is 4.30. The van der Waals surface area contributed by atoms with Gasteiger partial charge in [0.15, 0.2) is 0 Å². The van der Waals surface area contributed by atoms with Gasteiger partial charge in [-0.05, 0) is 25.9 Å². The van der Waals surface area contributed by atoms with Crippen LogP contribution >= 0.6 is 0 Å². The Morgan fingerprint density at radius 1 is 1.22 bits per heavy atom. The van der Waals surface area contributed by atoms with Gasteiger partial charge in [0.25, 0.3) is 0 Å². The molecule has 1 saturated heterocycles. The standard InChI is InChI=1S/C6H11F2N/c7-6(8)5-1-3-9-4-2-5/h5-6,9H,1-4H2. The summed E-state index contributed by atoms with van der Waals surface area (Å²) in [7, 11) is 0. The van der Waals surface area contributed by atoms with E-state index in [-0.39, 0.29) is 5.92 Å². The quantitative estimate of drug-likeness (QED) is 0.570. The van der Waals surface area contributed by atoms with E-state index in [9.17, 15) is 8.78 Å². The van der Waals surface area contributed by atoms with Crippen LogP contribution in [0.15, 0.2) is 0 Å². The topological polar surface area (TPSA) is 12.0 Å². The minimum absolute atomic E-state index is 0.341. The van der Waals surface area contributed by atoms with Gasteiger partial charge in [0, 0.05) is 5.92 Å². The van der Waals surface area contributed by atoms with Crippen molar-refractivity contribution in [3.63, 3.8) is 0 Å². The number of piperidine rings is 1. The number of alkyl halides is 2. The number of hydrogen-bond donors (Lipinski definition) is 1. The molecule has 0 aliphatic carbocycles. The SMILES string of the molecule is FC(F)C1CCNCC1. The predicted molar refractivity (Wildman–Crippen MR) is 31.6 cm³/mol. The minimum Gasteiger partial charge on any atom is -0.317 e. The van der Waals surface area contributed by atoms with Crippen LogP contribution in [0, 0.1) is 5.92 Å². The summed E-state index contributed by atoms with van der Waals surface area (Å²) in [6, 6.07) is 0. The van der Waals surface area contributed by atoms with Crippen LogP contribution in [-0.2, 0) is 0 Å². The van der Waals surface area contributed by atoms with E-state index in [0.717, 1.165) is 13.1 Å². The fourth-order valence-corrected chi connectivity index (χ4v) is 1.10. The molecule has 0 aromatic carbocycles. The van der Waals surface area contributed by atoms with Crippen LogP contribution in [-0.4, -0.2) is 19.5 Å². The predicted octanol–water partition coefficient (Wildman–Crippen LogP) is 1.25. The molecule has 1 heterocycles. The van der Waals surface area contributed by atoms with Crippen molar-refractivity contribution in [2.75, 3.05) is 13.1 Å². The van der Waals surface area contributed by atoms with Crippen LogP contribution in [0.2, 0.25) is 0 Å². The highest BCUT2D eigenvalue weighted by molar-refractivity contribution is 4.69. The molecule has 1 rings (SSSR count). The van der Waals surface area contributed by atoms with Crippen molar-refractivity contribution in [2.45, 2.75) is 19.3 Å². The fourth-order valence-electron chi connectivity index (χ4n) is 1.10. The molecule has 1 aliphatic heterocycles. The fraction of sp³-hybridized carbons (Fsp3) is 1.00. The Morgan fingerprint density at radius 2 is 1.78 bits per heavy atom. The van der Waals surface area contributed by atoms with E-state index in [4.69, 9.17) is 0 Å². The summed E-state index contributed by atoms with van der Waals surface area (Å²) in [4.78, 5) is 0. The number of halogens is 2. The Hall–Kier alpha value is -0.180. The van der Waals surface area contributed by atoms with Crippen LogP contribution in [0.3, 0.4) is 0 Å². The Bertz CT molecular complexity index is 79.1. The molecule has 0 atom stereocenters. The average molecular weight is 135 g/mol. The van der Waals surface area contributed by atoms with E-state index < -0.39 is 6.43 Å². The van der Waals surface area contributed by atoms with Gasteiger partial charge in [-0.1, -0.05) is 0 Å². The monoisotopic (exact) mass is 135 g/mol. The summed E-state index contributed by atoms with van der Waals surface area (Å²) < 4.78 is 23.8. The van der Waals surface area contributed by atoms with Gasteiger partial charge < -0.3 is 5.32 Å². The molecule has 0 bridgehead atoms. The first-order valence-electron chi connectivity index (χ1n) is 3.29. The molecule has 54 valence electrons. The van der Waals surface area contributed by atoms with Gasteiger partial charge in [-0.15, -0.1) is 0 Å². The van der Waals surface area contributed by atoms with E-state index in [1.807, 2.05) is 0 Å².